The van der Waals surface area contributed by atoms with Gasteiger partial charge in [0.2, 0.25) is 0 Å². The standard InChI is InChI=1S/C23H18Cl2N2O3S/c1-3-30-22(29)19-13(2)26-23-27(20(19)15-7-5-4-6-8-15)21(28)18(31-23)12-14-9-10-16(24)17(25)11-14/h4-12,20H,3H2,1-2H3/b18-12-/t20-/m1/s1. The third-order valence-corrected chi connectivity index (χ3v) is 6.60. The van der Waals surface area contributed by atoms with Gasteiger partial charge in [0.15, 0.2) is 4.80 Å². The molecule has 0 N–H and O–H groups in total. The Balaban J connectivity index is 1.95. The molecule has 0 saturated carbocycles. The number of allylic oxidation sites excluding steroid dienone is 1. The van der Waals surface area contributed by atoms with Crippen molar-refractivity contribution < 1.29 is 9.53 Å². The Morgan fingerprint density at radius 2 is 1.94 bits per heavy atom. The molecule has 0 amide bonds. The van der Waals surface area contributed by atoms with Crippen molar-refractivity contribution in [2.75, 3.05) is 6.61 Å². The topological polar surface area (TPSA) is 60.7 Å². The molecule has 158 valence electrons. The second kappa shape index (κ2) is 8.83. The Morgan fingerprint density at radius 3 is 2.61 bits per heavy atom. The second-order valence-electron chi connectivity index (χ2n) is 6.89. The van der Waals surface area contributed by atoms with Crippen molar-refractivity contribution in [2.45, 2.75) is 19.9 Å². The first-order chi connectivity index (χ1) is 14.9. The quantitative estimate of drug-likeness (QED) is 0.536. The van der Waals surface area contributed by atoms with Crippen molar-refractivity contribution in [2.24, 2.45) is 4.99 Å². The van der Waals surface area contributed by atoms with Gasteiger partial charge < -0.3 is 4.74 Å². The van der Waals surface area contributed by atoms with Crippen LogP contribution in [0.4, 0.5) is 0 Å². The number of esters is 1. The van der Waals surface area contributed by atoms with E-state index in [1.807, 2.05) is 30.3 Å². The molecule has 3 aromatic rings. The van der Waals surface area contributed by atoms with Gasteiger partial charge in [-0.2, -0.15) is 0 Å². The van der Waals surface area contributed by atoms with Crippen LogP contribution in [-0.4, -0.2) is 17.1 Å². The van der Waals surface area contributed by atoms with Crippen molar-refractivity contribution in [3.05, 3.63) is 101 Å². The molecular weight excluding hydrogens is 455 g/mol. The number of rotatable bonds is 4. The van der Waals surface area contributed by atoms with Gasteiger partial charge in [-0.15, -0.1) is 0 Å². The Hall–Kier alpha value is -2.67. The smallest absolute Gasteiger partial charge is 0.338 e. The van der Waals surface area contributed by atoms with E-state index in [-0.39, 0.29) is 12.2 Å². The molecule has 2 aromatic carbocycles. The lowest BCUT2D eigenvalue weighted by atomic mass is 9.96. The van der Waals surface area contributed by atoms with E-state index in [1.54, 1.807) is 42.7 Å². The number of ether oxygens (including phenoxy) is 1. The summed E-state index contributed by atoms with van der Waals surface area (Å²) in [4.78, 5) is 31.3. The third kappa shape index (κ3) is 4.11. The minimum atomic E-state index is -0.618. The van der Waals surface area contributed by atoms with E-state index in [4.69, 9.17) is 27.9 Å². The van der Waals surface area contributed by atoms with Crippen LogP contribution in [0.3, 0.4) is 0 Å². The minimum absolute atomic E-state index is 0.235. The van der Waals surface area contributed by atoms with Gasteiger partial charge in [0.25, 0.3) is 5.56 Å². The van der Waals surface area contributed by atoms with Gasteiger partial charge >= 0.3 is 5.97 Å². The lowest BCUT2D eigenvalue weighted by Gasteiger charge is -2.24. The maximum Gasteiger partial charge on any atom is 0.338 e. The van der Waals surface area contributed by atoms with E-state index in [2.05, 4.69) is 4.99 Å². The monoisotopic (exact) mass is 472 g/mol. The molecule has 1 aliphatic rings. The molecule has 0 unspecified atom stereocenters. The second-order valence-corrected chi connectivity index (χ2v) is 8.71. The highest BCUT2D eigenvalue weighted by molar-refractivity contribution is 7.07. The Morgan fingerprint density at radius 1 is 1.19 bits per heavy atom. The fraction of sp³-hybridized carbons (Fsp3) is 0.174. The van der Waals surface area contributed by atoms with Gasteiger partial charge in [0.05, 0.1) is 38.5 Å². The van der Waals surface area contributed by atoms with Crippen LogP contribution in [0.25, 0.3) is 6.08 Å². The number of hydrogen-bond acceptors (Lipinski definition) is 5. The first-order valence-corrected chi connectivity index (χ1v) is 11.2. The predicted octanol–water partition coefficient (Wildman–Crippen LogP) is 4.11. The number of halogens is 2. The Bertz CT molecular complexity index is 1370. The summed E-state index contributed by atoms with van der Waals surface area (Å²) in [5.74, 6) is -0.476. The van der Waals surface area contributed by atoms with E-state index >= 15 is 0 Å². The third-order valence-electron chi connectivity index (χ3n) is 4.87. The fourth-order valence-electron chi connectivity index (χ4n) is 3.50. The number of benzene rings is 2. The molecule has 2 heterocycles. The van der Waals surface area contributed by atoms with Crippen LogP contribution in [0.1, 0.15) is 31.0 Å². The number of carbonyl (C=O) groups excluding carboxylic acids is 1. The van der Waals surface area contributed by atoms with Crippen molar-refractivity contribution >= 4 is 46.6 Å². The molecule has 4 rings (SSSR count). The first kappa shape index (κ1) is 21.6. The molecule has 0 bridgehead atoms. The molecule has 5 nitrogen and oxygen atoms in total. The van der Waals surface area contributed by atoms with Crippen molar-refractivity contribution in [1.82, 2.24) is 4.57 Å². The number of hydrogen-bond donors (Lipinski definition) is 0. The van der Waals surface area contributed by atoms with Gasteiger partial charge in [-0.05, 0) is 43.2 Å². The zero-order valence-electron chi connectivity index (χ0n) is 16.8. The Labute approximate surface area is 192 Å². The van der Waals surface area contributed by atoms with Crippen LogP contribution in [0.5, 0.6) is 0 Å². The van der Waals surface area contributed by atoms with Gasteiger partial charge in [-0.25, -0.2) is 9.79 Å². The Kier molecular flexibility index (Phi) is 6.14. The average molecular weight is 473 g/mol. The van der Waals surface area contributed by atoms with Crippen LogP contribution in [0.15, 0.2) is 69.6 Å². The predicted molar refractivity (Wildman–Crippen MR) is 123 cm³/mol. The first-order valence-electron chi connectivity index (χ1n) is 9.60. The highest BCUT2D eigenvalue weighted by Gasteiger charge is 2.33. The summed E-state index contributed by atoms with van der Waals surface area (Å²) < 4.78 is 7.32. The summed E-state index contributed by atoms with van der Waals surface area (Å²) in [6.45, 7) is 3.74. The normalized spacial score (nSPS) is 16.1. The van der Waals surface area contributed by atoms with Gasteiger partial charge in [0, 0.05) is 0 Å². The lowest BCUT2D eigenvalue weighted by molar-refractivity contribution is -0.139. The number of aromatic nitrogens is 1. The molecule has 8 heteroatoms. The number of thiazole rings is 1. The minimum Gasteiger partial charge on any atom is -0.463 e. The zero-order valence-corrected chi connectivity index (χ0v) is 19.1. The van der Waals surface area contributed by atoms with Crippen LogP contribution in [0.2, 0.25) is 10.0 Å². The highest BCUT2D eigenvalue weighted by Crippen LogP contribution is 2.30. The molecule has 1 atom stereocenters. The SMILES string of the molecule is CCOC(=O)C1=C(C)N=c2s/c(=C\c3ccc(Cl)c(Cl)c3)c(=O)n2[C@@H]1c1ccccc1. The molecule has 0 fully saturated rings. The molecule has 1 aliphatic heterocycles. The number of nitrogens with zero attached hydrogens (tertiary/aromatic N) is 2. The van der Waals surface area contributed by atoms with Crippen molar-refractivity contribution in [3.63, 3.8) is 0 Å². The summed E-state index contributed by atoms with van der Waals surface area (Å²) in [7, 11) is 0. The van der Waals surface area contributed by atoms with Crippen LogP contribution in [0, 0.1) is 0 Å². The van der Waals surface area contributed by atoms with E-state index in [9.17, 15) is 9.59 Å². The van der Waals surface area contributed by atoms with Crippen LogP contribution >= 0.6 is 34.5 Å². The molecule has 0 spiro atoms. The molecule has 0 saturated heterocycles. The fourth-order valence-corrected chi connectivity index (χ4v) is 4.85. The maximum absolute atomic E-state index is 13.4. The van der Waals surface area contributed by atoms with Gasteiger partial charge in [-0.1, -0.05) is 70.9 Å². The molecular formula is C23H18Cl2N2O3S. The van der Waals surface area contributed by atoms with Crippen LogP contribution < -0.4 is 14.9 Å². The number of fused-ring (bicyclic) bond motifs is 1. The van der Waals surface area contributed by atoms with Crippen molar-refractivity contribution in [3.8, 4) is 0 Å². The largest absolute Gasteiger partial charge is 0.463 e. The van der Waals surface area contributed by atoms with E-state index in [1.165, 1.54) is 11.3 Å². The summed E-state index contributed by atoms with van der Waals surface area (Å²) in [6.07, 6.45) is 1.75. The molecule has 0 aliphatic carbocycles. The number of carbonyl (C=O) groups is 1. The summed E-state index contributed by atoms with van der Waals surface area (Å²) >= 11 is 13.4. The summed E-state index contributed by atoms with van der Waals surface area (Å²) in [5.41, 5.74) is 2.22. The lowest BCUT2D eigenvalue weighted by Crippen LogP contribution is -2.39. The van der Waals surface area contributed by atoms with Gasteiger partial charge in [-0.3, -0.25) is 9.36 Å². The zero-order chi connectivity index (χ0) is 22.1. The molecule has 1 aromatic heterocycles. The van der Waals surface area contributed by atoms with Crippen LogP contribution in [-0.2, 0) is 9.53 Å². The van der Waals surface area contributed by atoms with E-state index in [0.717, 1.165) is 11.1 Å². The molecule has 31 heavy (non-hydrogen) atoms. The highest BCUT2D eigenvalue weighted by atomic mass is 35.5. The molecule has 0 radical (unpaired) electrons. The maximum atomic E-state index is 13.4. The summed E-state index contributed by atoms with van der Waals surface area (Å²) in [6, 6.07) is 14.0. The van der Waals surface area contributed by atoms with E-state index in [0.29, 0.717) is 30.6 Å². The van der Waals surface area contributed by atoms with E-state index < -0.39 is 12.0 Å². The van der Waals surface area contributed by atoms with Crippen molar-refractivity contribution in [1.29, 1.82) is 0 Å². The summed E-state index contributed by atoms with van der Waals surface area (Å²) in [5, 5.41) is 0.852. The van der Waals surface area contributed by atoms with Gasteiger partial charge in [0.1, 0.15) is 0 Å². The average Bonchev–Trinajstić information content (AvgIpc) is 3.05.